The lowest BCUT2D eigenvalue weighted by molar-refractivity contribution is -0.128. The van der Waals surface area contributed by atoms with Crippen molar-refractivity contribution in [1.29, 1.82) is 0 Å². The number of phenolic OH excluding ortho intramolecular Hbond substituents is 1. The van der Waals surface area contributed by atoms with Crippen LogP contribution in [-0.2, 0) is 4.79 Å². The summed E-state index contributed by atoms with van der Waals surface area (Å²) in [7, 11) is 0. The first-order valence-electron chi connectivity index (χ1n) is 7.08. The summed E-state index contributed by atoms with van der Waals surface area (Å²) in [5, 5.41) is 9.33. The molecule has 0 aliphatic rings. The minimum absolute atomic E-state index is 0.0277. The Hall–Kier alpha value is -3.02. The molecule has 0 fully saturated rings. The summed E-state index contributed by atoms with van der Waals surface area (Å²) in [5.74, 6) is -0.468. The van der Waals surface area contributed by atoms with Gasteiger partial charge in [-0.2, -0.15) is 0 Å². The van der Waals surface area contributed by atoms with Gasteiger partial charge in [0.05, 0.1) is 0 Å². The van der Waals surface area contributed by atoms with Gasteiger partial charge in [-0.15, -0.1) is 0 Å². The van der Waals surface area contributed by atoms with Gasteiger partial charge in [0.2, 0.25) is 0 Å². The first-order valence-corrected chi connectivity index (χ1v) is 7.08. The van der Waals surface area contributed by atoms with Crippen molar-refractivity contribution in [2.75, 3.05) is 0 Å². The lowest BCUT2D eigenvalue weighted by Gasteiger charge is -2.15. The minimum atomic E-state index is -0.777. The molecule has 2 rings (SSSR count). The summed E-state index contributed by atoms with van der Waals surface area (Å²) in [6.07, 6.45) is -0.777. The Balaban J connectivity index is 1.87. The van der Waals surface area contributed by atoms with Crippen LogP contribution in [-0.4, -0.2) is 23.0 Å². The first kappa shape index (κ1) is 16.4. The zero-order valence-corrected chi connectivity index (χ0v) is 12.9. The van der Waals surface area contributed by atoms with E-state index in [2.05, 4.69) is 10.9 Å². The van der Waals surface area contributed by atoms with Crippen molar-refractivity contribution in [1.82, 2.24) is 10.9 Å². The highest BCUT2D eigenvalue weighted by molar-refractivity contribution is 5.96. The molecule has 6 nitrogen and oxygen atoms in total. The van der Waals surface area contributed by atoms with E-state index in [1.807, 2.05) is 25.1 Å². The van der Waals surface area contributed by atoms with E-state index in [9.17, 15) is 14.7 Å². The molecule has 0 aliphatic carbocycles. The highest BCUT2D eigenvalue weighted by atomic mass is 16.5. The Labute approximate surface area is 134 Å². The average Bonchev–Trinajstić information content (AvgIpc) is 2.52. The predicted molar refractivity (Wildman–Crippen MR) is 85.0 cm³/mol. The molecule has 0 saturated carbocycles. The number of carbonyl (C=O) groups is 2. The van der Waals surface area contributed by atoms with E-state index in [0.29, 0.717) is 5.75 Å². The van der Waals surface area contributed by atoms with Gasteiger partial charge in [-0.05, 0) is 49.7 Å². The molecule has 0 aliphatic heterocycles. The third-order valence-electron chi connectivity index (χ3n) is 3.08. The number of phenols is 1. The van der Waals surface area contributed by atoms with Crippen LogP contribution in [0.5, 0.6) is 11.5 Å². The van der Waals surface area contributed by atoms with Crippen LogP contribution in [0.4, 0.5) is 0 Å². The molecular weight excluding hydrogens is 296 g/mol. The SMILES string of the molecule is Cc1cccc(O[C@H](C)C(=O)NNC(=O)c2cccc(O)c2)c1. The van der Waals surface area contributed by atoms with Crippen LogP contribution >= 0.6 is 0 Å². The Bertz CT molecular complexity index is 715. The monoisotopic (exact) mass is 314 g/mol. The highest BCUT2D eigenvalue weighted by Crippen LogP contribution is 2.14. The molecule has 6 heteroatoms. The number of hydrogen-bond donors (Lipinski definition) is 3. The van der Waals surface area contributed by atoms with E-state index >= 15 is 0 Å². The molecule has 2 aromatic carbocycles. The van der Waals surface area contributed by atoms with E-state index in [0.717, 1.165) is 5.56 Å². The molecule has 2 amide bonds. The summed E-state index contributed by atoms with van der Waals surface area (Å²) in [5.41, 5.74) is 5.82. The van der Waals surface area contributed by atoms with Crippen molar-refractivity contribution in [3.05, 3.63) is 59.7 Å². The van der Waals surface area contributed by atoms with Crippen LogP contribution in [0, 0.1) is 6.92 Å². The van der Waals surface area contributed by atoms with Crippen LogP contribution in [0.3, 0.4) is 0 Å². The topological polar surface area (TPSA) is 87.7 Å². The number of nitrogens with one attached hydrogen (secondary N) is 2. The molecule has 0 bridgehead atoms. The lowest BCUT2D eigenvalue weighted by Crippen LogP contribution is -2.47. The molecule has 0 radical (unpaired) electrons. The number of amides is 2. The number of carbonyl (C=O) groups excluding carboxylic acids is 2. The van der Waals surface area contributed by atoms with Gasteiger partial charge in [0, 0.05) is 5.56 Å². The number of aromatic hydroxyl groups is 1. The van der Waals surface area contributed by atoms with Crippen LogP contribution in [0.15, 0.2) is 48.5 Å². The normalized spacial score (nSPS) is 11.4. The van der Waals surface area contributed by atoms with Gasteiger partial charge in [-0.3, -0.25) is 20.4 Å². The summed E-state index contributed by atoms with van der Waals surface area (Å²) in [6.45, 7) is 3.51. The van der Waals surface area contributed by atoms with Gasteiger partial charge < -0.3 is 9.84 Å². The van der Waals surface area contributed by atoms with Gasteiger partial charge in [0.15, 0.2) is 6.10 Å². The molecule has 23 heavy (non-hydrogen) atoms. The summed E-state index contributed by atoms with van der Waals surface area (Å²) >= 11 is 0. The maximum Gasteiger partial charge on any atom is 0.279 e. The summed E-state index contributed by atoms with van der Waals surface area (Å²) in [4.78, 5) is 23.8. The Kier molecular flexibility index (Phi) is 5.19. The Morgan fingerprint density at radius 3 is 2.52 bits per heavy atom. The third-order valence-corrected chi connectivity index (χ3v) is 3.08. The standard InChI is InChI=1S/C17H18N2O4/c1-11-5-3-8-15(9-11)23-12(2)16(21)18-19-17(22)13-6-4-7-14(20)10-13/h3-10,12,20H,1-2H3,(H,18,21)(H,19,22)/t12-/m1/s1. The minimum Gasteiger partial charge on any atom is -0.508 e. The molecule has 0 spiro atoms. The molecule has 0 heterocycles. The van der Waals surface area contributed by atoms with E-state index in [1.54, 1.807) is 13.0 Å². The second-order valence-corrected chi connectivity index (χ2v) is 5.07. The van der Waals surface area contributed by atoms with Gasteiger partial charge >= 0.3 is 0 Å². The van der Waals surface area contributed by atoms with Gasteiger partial charge in [0.25, 0.3) is 11.8 Å². The molecule has 0 saturated heterocycles. The van der Waals surface area contributed by atoms with Crippen LogP contribution in [0.25, 0.3) is 0 Å². The molecule has 1 atom stereocenters. The maximum absolute atomic E-state index is 11.9. The number of aryl methyl sites for hydroxylation is 1. The summed E-state index contributed by atoms with van der Waals surface area (Å²) in [6, 6.07) is 13.1. The molecular formula is C17H18N2O4. The lowest BCUT2D eigenvalue weighted by atomic mass is 10.2. The van der Waals surface area contributed by atoms with Crippen molar-refractivity contribution < 1.29 is 19.4 Å². The fraction of sp³-hybridized carbons (Fsp3) is 0.176. The number of hydrogen-bond acceptors (Lipinski definition) is 4. The molecule has 2 aromatic rings. The second kappa shape index (κ2) is 7.31. The zero-order valence-electron chi connectivity index (χ0n) is 12.9. The number of ether oxygens (including phenoxy) is 1. The fourth-order valence-corrected chi connectivity index (χ4v) is 1.89. The second-order valence-electron chi connectivity index (χ2n) is 5.07. The Morgan fingerprint density at radius 2 is 1.83 bits per heavy atom. The molecule has 0 unspecified atom stereocenters. The van der Waals surface area contributed by atoms with E-state index < -0.39 is 17.9 Å². The van der Waals surface area contributed by atoms with Gasteiger partial charge in [-0.25, -0.2) is 0 Å². The van der Waals surface area contributed by atoms with Crippen molar-refractivity contribution in [3.63, 3.8) is 0 Å². The summed E-state index contributed by atoms with van der Waals surface area (Å²) < 4.78 is 5.51. The van der Waals surface area contributed by atoms with E-state index in [4.69, 9.17) is 4.74 Å². The van der Waals surface area contributed by atoms with Gasteiger partial charge in [-0.1, -0.05) is 18.2 Å². The average molecular weight is 314 g/mol. The van der Waals surface area contributed by atoms with Crippen LogP contribution in [0.1, 0.15) is 22.8 Å². The smallest absolute Gasteiger partial charge is 0.279 e. The zero-order chi connectivity index (χ0) is 16.8. The predicted octanol–water partition coefficient (Wildman–Crippen LogP) is 1.93. The largest absolute Gasteiger partial charge is 0.508 e. The highest BCUT2D eigenvalue weighted by Gasteiger charge is 2.16. The van der Waals surface area contributed by atoms with Crippen LogP contribution < -0.4 is 15.6 Å². The third kappa shape index (κ3) is 4.74. The van der Waals surface area contributed by atoms with Crippen molar-refractivity contribution >= 4 is 11.8 Å². The Morgan fingerprint density at radius 1 is 1.09 bits per heavy atom. The number of rotatable bonds is 4. The quantitative estimate of drug-likeness (QED) is 0.753. The first-order chi connectivity index (χ1) is 11.0. The molecule has 120 valence electrons. The van der Waals surface area contributed by atoms with Crippen molar-refractivity contribution in [3.8, 4) is 11.5 Å². The fourth-order valence-electron chi connectivity index (χ4n) is 1.89. The van der Waals surface area contributed by atoms with Crippen LogP contribution in [0.2, 0.25) is 0 Å². The van der Waals surface area contributed by atoms with Crippen molar-refractivity contribution in [2.24, 2.45) is 0 Å². The number of hydrazine groups is 1. The molecule has 0 aromatic heterocycles. The van der Waals surface area contributed by atoms with Crippen molar-refractivity contribution in [2.45, 2.75) is 20.0 Å². The number of benzene rings is 2. The van der Waals surface area contributed by atoms with E-state index in [-0.39, 0.29) is 11.3 Å². The maximum atomic E-state index is 11.9. The van der Waals surface area contributed by atoms with E-state index in [1.165, 1.54) is 24.3 Å². The van der Waals surface area contributed by atoms with Gasteiger partial charge in [0.1, 0.15) is 11.5 Å². The molecule has 3 N–H and O–H groups in total.